The van der Waals surface area contributed by atoms with Gasteiger partial charge in [0.25, 0.3) is 5.91 Å². The molecule has 138 valence electrons. The van der Waals surface area contributed by atoms with Crippen LogP contribution in [0.5, 0.6) is 0 Å². The Bertz CT molecular complexity index is 702. The van der Waals surface area contributed by atoms with E-state index in [1.54, 1.807) is 10.7 Å². The molecule has 0 aliphatic carbocycles. The van der Waals surface area contributed by atoms with E-state index in [-0.39, 0.29) is 12.5 Å². The van der Waals surface area contributed by atoms with Gasteiger partial charge < -0.3 is 15.4 Å². The molecular weight excluding hydrogens is 316 g/mol. The summed E-state index contributed by atoms with van der Waals surface area (Å²) in [6.07, 6.45) is 4.08. The van der Waals surface area contributed by atoms with E-state index in [9.17, 15) is 9.90 Å². The fourth-order valence-electron chi connectivity index (χ4n) is 3.05. The van der Waals surface area contributed by atoms with Crippen LogP contribution in [0.2, 0.25) is 0 Å². The Labute approximate surface area is 149 Å². The van der Waals surface area contributed by atoms with Crippen molar-refractivity contribution < 1.29 is 9.90 Å². The van der Waals surface area contributed by atoms with Crippen LogP contribution in [0.3, 0.4) is 0 Å². The number of aryl methyl sites for hydroxylation is 2. The van der Waals surface area contributed by atoms with Crippen molar-refractivity contribution in [3.05, 3.63) is 29.6 Å². The van der Waals surface area contributed by atoms with Crippen molar-refractivity contribution in [2.24, 2.45) is 11.7 Å². The summed E-state index contributed by atoms with van der Waals surface area (Å²) in [6, 6.07) is 5.90. The summed E-state index contributed by atoms with van der Waals surface area (Å²) in [6.45, 7) is 7.82. The first-order valence-electron chi connectivity index (χ1n) is 9.19. The average molecular weight is 346 g/mol. The van der Waals surface area contributed by atoms with E-state index in [2.05, 4.69) is 29.6 Å². The van der Waals surface area contributed by atoms with Crippen molar-refractivity contribution in [1.29, 1.82) is 0 Å². The molecule has 1 unspecified atom stereocenters. The van der Waals surface area contributed by atoms with E-state index in [1.807, 2.05) is 13.0 Å². The number of hydrogen-bond donors (Lipinski definition) is 2. The molecule has 1 atom stereocenters. The summed E-state index contributed by atoms with van der Waals surface area (Å²) in [4.78, 5) is 11.8. The fraction of sp³-hybridized carbons (Fsp3) is 0.579. The molecule has 6 nitrogen and oxygen atoms in total. The Hall–Kier alpha value is -2.08. The van der Waals surface area contributed by atoms with Crippen molar-refractivity contribution in [3.8, 4) is 11.4 Å². The molecule has 6 heteroatoms. The molecule has 2 rings (SSSR count). The molecule has 2 aromatic rings. The summed E-state index contributed by atoms with van der Waals surface area (Å²) in [5.74, 6) is -0.300. The molecular formula is C19H30N4O2. The zero-order valence-corrected chi connectivity index (χ0v) is 15.5. The SMILES string of the molecule is CCCCCn1nc(-c2ccc(CC)n2CC(C)CO)cc1C(N)=O. The average Bonchev–Trinajstić information content (AvgIpc) is 3.18. The Morgan fingerprint density at radius 1 is 1.32 bits per heavy atom. The van der Waals surface area contributed by atoms with E-state index in [0.717, 1.165) is 43.6 Å². The molecule has 2 heterocycles. The first-order chi connectivity index (χ1) is 12.0. The number of aromatic nitrogens is 3. The van der Waals surface area contributed by atoms with Gasteiger partial charge in [0.15, 0.2) is 0 Å². The lowest BCUT2D eigenvalue weighted by molar-refractivity contribution is 0.0989. The molecule has 0 saturated carbocycles. The predicted octanol–water partition coefficient (Wildman–Crippen LogP) is 2.83. The van der Waals surface area contributed by atoms with Gasteiger partial charge in [0.2, 0.25) is 0 Å². The molecule has 0 aromatic carbocycles. The maximum Gasteiger partial charge on any atom is 0.266 e. The molecule has 1 amide bonds. The number of carbonyl (C=O) groups is 1. The topological polar surface area (TPSA) is 86.1 Å². The second kappa shape index (κ2) is 8.85. The summed E-state index contributed by atoms with van der Waals surface area (Å²) >= 11 is 0. The molecule has 0 saturated heterocycles. The number of amides is 1. The first kappa shape index (κ1) is 19.2. The number of aliphatic hydroxyl groups is 1. The van der Waals surface area contributed by atoms with Crippen molar-refractivity contribution in [3.63, 3.8) is 0 Å². The van der Waals surface area contributed by atoms with Crippen LogP contribution in [-0.4, -0.2) is 32.0 Å². The summed E-state index contributed by atoms with van der Waals surface area (Å²) < 4.78 is 3.91. The Balaban J connectivity index is 2.39. The molecule has 3 N–H and O–H groups in total. The minimum Gasteiger partial charge on any atom is -0.396 e. The predicted molar refractivity (Wildman–Crippen MR) is 99.3 cm³/mol. The molecule has 2 aromatic heterocycles. The lowest BCUT2D eigenvalue weighted by Crippen LogP contribution is -2.17. The number of nitrogens with zero attached hydrogens (tertiary/aromatic N) is 3. The molecule has 25 heavy (non-hydrogen) atoms. The van der Waals surface area contributed by atoms with Gasteiger partial charge in [0, 0.05) is 25.4 Å². The number of aliphatic hydroxyl groups excluding tert-OH is 1. The van der Waals surface area contributed by atoms with Crippen LogP contribution in [-0.2, 0) is 19.5 Å². The van der Waals surface area contributed by atoms with Crippen LogP contribution in [0.25, 0.3) is 11.4 Å². The van der Waals surface area contributed by atoms with Crippen LogP contribution in [0.4, 0.5) is 0 Å². The van der Waals surface area contributed by atoms with Gasteiger partial charge in [-0.15, -0.1) is 0 Å². The van der Waals surface area contributed by atoms with E-state index in [1.165, 1.54) is 5.69 Å². The molecule has 0 aliphatic heterocycles. The van der Waals surface area contributed by atoms with Gasteiger partial charge in [-0.3, -0.25) is 9.48 Å². The summed E-state index contributed by atoms with van der Waals surface area (Å²) in [7, 11) is 0. The molecule has 0 bridgehead atoms. The number of nitrogens with two attached hydrogens (primary N) is 1. The summed E-state index contributed by atoms with van der Waals surface area (Å²) in [5.41, 5.74) is 8.91. The van der Waals surface area contributed by atoms with Gasteiger partial charge in [0.1, 0.15) is 11.4 Å². The number of primary amides is 1. The number of hydrogen-bond acceptors (Lipinski definition) is 3. The molecule has 0 aliphatic rings. The van der Waals surface area contributed by atoms with E-state index in [4.69, 9.17) is 5.73 Å². The van der Waals surface area contributed by atoms with Gasteiger partial charge in [-0.25, -0.2) is 0 Å². The number of rotatable bonds is 10. The van der Waals surface area contributed by atoms with Gasteiger partial charge in [-0.2, -0.15) is 5.10 Å². The quantitative estimate of drug-likeness (QED) is 0.649. The fourth-order valence-corrected chi connectivity index (χ4v) is 3.05. The zero-order valence-electron chi connectivity index (χ0n) is 15.5. The lowest BCUT2D eigenvalue weighted by atomic mass is 10.2. The first-order valence-corrected chi connectivity index (χ1v) is 9.19. The van der Waals surface area contributed by atoms with E-state index < -0.39 is 5.91 Å². The van der Waals surface area contributed by atoms with Crippen molar-refractivity contribution >= 4 is 5.91 Å². The lowest BCUT2D eigenvalue weighted by Gasteiger charge is -2.15. The number of carbonyl (C=O) groups excluding carboxylic acids is 1. The van der Waals surface area contributed by atoms with Crippen LogP contribution in [0.15, 0.2) is 18.2 Å². The second-order valence-electron chi connectivity index (χ2n) is 6.67. The molecule has 0 fully saturated rings. The standard InChI is InChI=1S/C19H30N4O2/c1-4-6-7-10-23-18(19(20)25)11-16(21-23)17-9-8-15(5-2)22(17)12-14(3)13-24/h8-9,11,14,24H,4-7,10,12-13H2,1-3H3,(H2,20,25). The van der Waals surface area contributed by atoms with Crippen LogP contribution >= 0.6 is 0 Å². The third kappa shape index (κ3) is 4.51. The zero-order chi connectivity index (χ0) is 18.4. The highest BCUT2D eigenvalue weighted by molar-refractivity contribution is 5.92. The van der Waals surface area contributed by atoms with Crippen LogP contribution < -0.4 is 5.73 Å². The Kier molecular flexibility index (Phi) is 6.82. The van der Waals surface area contributed by atoms with Crippen molar-refractivity contribution in [1.82, 2.24) is 14.3 Å². The molecule has 0 radical (unpaired) electrons. The number of unbranched alkanes of at least 4 members (excludes halogenated alkanes) is 2. The normalized spacial score (nSPS) is 12.5. The third-order valence-electron chi connectivity index (χ3n) is 4.51. The highest BCUT2D eigenvalue weighted by Gasteiger charge is 2.18. The largest absolute Gasteiger partial charge is 0.396 e. The van der Waals surface area contributed by atoms with Gasteiger partial charge in [-0.1, -0.05) is 33.6 Å². The maximum atomic E-state index is 11.8. The third-order valence-corrected chi connectivity index (χ3v) is 4.51. The maximum absolute atomic E-state index is 11.8. The highest BCUT2D eigenvalue weighted by atomic mass is 16.3. The van der Waals surface area contributed by atoms with Crippen molar-refractivity contribution in [2.75, 3.05) is 6.61 Å². The van der Waals surface area contributed by atoms with Crippen molar-refractivity contribution in [2.45, 2.75) is 59.5 Å². The van der Waals surface area contributed by atoms with E-state index >= 15 is 0 Å². The minimum absolute atomic E-state index is 0.138. The Morgan fingerprint density at radius 2 is 2.08 bits per heavy atom. The van der Waals surface area contributed by atoms with E-state index in [0.29, 0.717) is 12.2 Å². The van der Waals surface area contributed by atoms with Crippen LogP contribution in [0, 0.1) is 5.92 Å². The van der Waals surface area contributed by atoms with Crippen LogP contribution in [0.1, 0.15) is 56.2 Å². The monoisotopic (exact) mass is 346 g/mol. The summed E-state index contributed by atoms with van der Waals surface area (Å²) in [5, 5.41) is 14.1. The second-order valence-corrected chi connectivity index (χ2v) is 6.67. The van der Waals surface area contributed by atoms with Gasteiger partial charge >= 0.3 is 0 Å². The van der Waals surface area contributed by atoms with Gasteiger partial charge in [-0.05, 0) is 37.0 Å². The highest BCUT2D eigenvalue weighted by Crippen LogP contribution is 2.24. The molecule has 0 spiro atoms. The smallest absolute Gasteiger partial charge is 0.266 e. The Morgan fingerprint density at radius 3 is 2.68 bits per heavy atom. The minimum atomic E-state index is -0.451. The van der Waals surface area contributed by atoms with Gasteiger partial charge in [0.05, 0.1) is 5.69 Å².